The molecule has 3 rings (SSSR count). The SMILES string of the molecule is CCOc1ccc2c(c1)C(NC(=O)c1ccccc1N(C)C(=O)CC)CCO2. The maximum absolute atomic E-state index is 13.0. The molecule has 0 spiro atoms. The normalized spacial score (nSPS) is 15.2. The van der Waals surface area contributed by atoms with Gasteiger partial charge in [0.15, 0.2) is 0 Å². The van der Waals surface area contributed by atoms with Gasteiger partial charge < -0.3 is 19.7 Å². The van der Waals surface area contributed by atoms with E-state index in [-0.39, 0.29) is 17.9 Å². The minimum Gasteiger partial charge on any atom is -0.494 e. The number of ether oxygens (including phenoxy) is 2. The maximum Gasteiger partial charge on any atom is 0.253 e. The molecule has 0 saturated carbocycles. The van der Waals surface area contributed by atoms with Crippen LogP contribution >= 0.6 is 0 Å². The largest absolute Gasteiger partial charge is 0.494 e. The third-order valence-electron chi connectivity index (χ3n) is 4.82. The van der Waals surface area contributed by atoms with Crippen molar-refractivity contribution in [2.45, 2.75) is 32.7 Å². The summed E-state index contributed by atoms with van der Waals surface area (Å²) in [5.74, 6) is 1.25. The number of fused-ring (bicyclic) bond motifs is 1. The Morgan fingerprint density at radius 3 is 2.75 bits per heavy atom. The van der Waals surface area contributed by atoms with Crippen LogP contribution in [0.3, 0.4) is 0 Å². The lowest BCUT2D eigenvalue weighted by Crippen LogP contribution is -2.34. The van der Waals surface area contributed by atoms with Crippen LogP contribution in [0.5, 0.6) is 11.5 Å². The van der Waals surface area contributed by atoms with E-state index >= 15 is 0 Å². The number of benzene rings is 2. The molecule has 1 N–H and O–H groups in total. The number of carbonyl (C=O) groups excluding carboxylic acids is 2. The van der Waals surface area contributed by atoms with Crippen LogP contribution < -0.4 is 19.7 Å². The number of nitrogens with one attached hydrogen (secondary N) is 1. The fourth-order valence-corrected chi connectivity index (χ4v) is 3.34. The van der Waals surface area contributed by atoms with E-state index in [0.29, 0.717) is 37.3 Å². The molecular weight excluding hydrogens is 356 g/mol. The van der Waals surface area contributed by atoms with Crippen LogP contribution in [0, 0.1) is 0 Å². The Bertz CT molecular complexity index is 865. The summed E-state index contributed by atoms with van der Waals surface area (Å²) < 4.78 is 11.3. The van der Waals surface area contributed by atoms with E-state index in [1.54, 1.807) is 32.2 Å². The Morgan fingerprint density at radius 2 is 2.00 bits per heavy atom. The molecule has 1 atom stereocenters. The molecule has 0 aromatic heterocycles. The van der Waals surface area contributed by atoms with Crippen LogP contribution in [0.25, 0.3) is 0 Å². The van der Waals surface area contributed by atoms with Crippen molar-refractivity contribution < 1.29 is 19.1 Å². The van der Waals surface area contributed by atoms with Crippen LogP contribution in [-0.2, 0) is 4.79 Å². The number of rotatable bonds is 6. The summed E-state index contributed by atoms with van der Waals surface area (Å²) in [6, 6.07) is 12.6. The summed E-state index contributed by atoms with van der Waals surface area (Å²) in [5.41, 5.74) is 1.98. The smallest absolute Gasteiger partial charge is 0.253 e. The molecule has 0 aliphatic carbocycles. The van der Waals surface area contributed by atoms with Gasteiger partial charge >= 0.3 is 0 Å². The summed E-state index contributed by atoms with van der Waals surface area (Å²) in [7, 11) is 1.69. The molecule has 1 unspecified atom stereocenters. The van der Waals surface area contributed by atoms with Gasteiger partial charge in [-0.2, -0.15) is 0 Å². The number of nitrogens with zero attached hydrogens (tertiary/aromatic N) is 1. The van der Waals surface area contributed by atoms with E-state index in [1.807, 2.05) is 31.2 Å². The van der Waals surface area contributed by atoms with Crippen LogP contribution in [0.15, 0.2) is 42.5 Å². The van der Waals surface area contributed by atoms with E-state index < -0.39 is 0 Å². The van der Waals surface area contributed by atoms with Crippen molar-refractivity contribution in [3.63, 3.8) is 0 Å². The molecule has 6 nitrogen and oxygen atoms in total. The van der Waals surface area contributed by atoms with Crippen molar-refractivity contribution in [2.24, 2.45) is 0 Å². The average molecular weight is 382 g/mol. The molecular formula is C22H26N2O4. The summed E-state index contributed by atoms with van der Waals surface area (Å²) in [6.07, 6.45) is 1.04. The third kappa shape index (κ3) is 4.11. The Morgan fingerprint density at radius 1 is 1.21 bits per heavy atom. The summed E-state index contributed by atoms with van der Waals surface area (Å²) in [4.78, 5) is 26.7. The van der Waals surface area contributed by atoms with Gasteiger partial charge in [-0.05, 0) is 37.3 Å². The second-order valence-electron chi connectivity index (χ2n) is 6.62. The van der Waals surface area contributed by atoms with E-state index in [9.17, 15) is 9.59 Å². The first-order valence-electron chi connectivity index (χ1n) is 9.61. The molecule has 0 radical (unpaired) electrons. The molecule has 2 amide bonds. The molecule has 0 saturated heterocycles. The van der Waals surface area contributed by atoms with E-state index in [1.165, 1.54) is 4.90 Å². The molecule has 28 heavy (non-hydrogen) atoms. The number of para-hydroxylation sites is 1. The van der Waals surface area contributed by atoms with Crippen molar-refractivity contribution >= 4 is 17.5 Å². The quantitative estimate of drug-likeness (QED) is 0.827. The molecule has 6 heteroatoms. The fourth-order valence-electron chi connectivity index (χ4n) is 3.34. The zero-order valence-electron chi connectivity index (χ0n) is 16.5. The molecule has 1 heterocycles. The summed E-state index contributed by atoms with van der Waals surface area (Å²) in [6.45, 7) is 4.83. The predicted molar refractivity (Wildman–Crippen MR) is 108 cm³/mol. The minimum atomic E-state index is -0.217. The summed E-state index contributed by atoms with van der Waals surface area (Å²) >= 11 is 0. The van der Waals surface area contributed by atoms with Crippen molar-refractivity contribution in [2.75, 3.05) is 25.2 Å². The van der Waals surface area contributed by atoms with Crippen LogP contribution in [0.4, 0.5) is 5.69 Å². The summed E-state index contributed by atoms with van der Waals surface area (Å²) in [5, 5.41) is 3.10. The molecule has 2 aromatic carbocycles. The predicted octanol–water partition coefficient (Wildman–Crippen LogP) is 3.71. The number of carbonyl (C=O) groups is 2. The fraction of sp³-hybridized carbons (Fsp3) is 0.364. The Labute approximate surface area is 165 Å². The number of hydrogen-bond donors (Lipinski definition) is 1. The lowest BCUT2D eigenvalue weighted by molar-refractivity contribution is -0.118. The molecule has 2 aromatic rings. The highest BCUT2D eigenvalue weighted by atomic mass is 16.5. The monoisotopic (exact) mass is 382 g/mol. The topological polar surface area (TPSA) is 67.9 Å². The lowest BCUT2D eigenvalue weighted by atomic mass is 9.99. The second-order valence-corrected chi connectivity index (χ2v) is 6.62. The van der Waals surface area contributed by atoms with Gasteiger partial charge in [-0.15, -0.1) is 0 Å². The van der Waals surface area contributed by atoms with Crippen molar-refractivity contribution in [1.29, 1.82) is 0 Å². The molecule has 1 aliphatic heterocycles. The Kier molecular flexibility index (Phi) is 6.19. The first-order valence-corrected chi connectivity index (χ1v) is 9.61. The van der Waals surface area contributed by atoms with Gasteiger partial charge in [-0.1, -0.05) is 19.1 Å². The molecule has 1 aliphatic rings. The van der Waals surface area contributed by atoms with E-state index in [0.717, 1.165) is 17.1 Å². The van der Waals surface area contributed by atoms with Crippen LogP contribution in [0.2, 0.25) is 0 Å². The van der Waals surface area contributed by atoms with Gasteiger partial charge in [-0.25, -0.2) is 0 Å². The van der Waals surface area contributed by atoms with Gasteiger partial charge in [0, 0.05) is 25.5 Å². The zero-order valence-corrected chi connectivity index (χ0v) is 16.5. The Hall–Kier alpha value is -3.02. The first kappa shape index (κ1) is 19.7. The Balaban J connectivity index is 1.86. The van der Waals surface area contributed by atoms with Gasteiger partial charge in [0.2, 0.25) is 5.91 Å². The number of anilines is 1. The van der Waals surface area contributed by atoms with Crippen LogP contribution in [0.1, 0.15) is 48.7 Å². The van der Waals surface area contributed by atoms with Gasteiger partial charge in [0.1, 0.15) is 11.5 Å². The third-order valence-corrected chi connectivity index (χ3v) is 4.82. The molecule has 148 valence electrons. The number of amides is 2. The highest BCUT2D eigenvalue weighted by molar-refractivity contribution is 6.04. The van der Waals surface area contributed by atoms with Gasteiger partial charge in [0.25, 0.3) is 5.91 Å². The zero-order chi connectivity index (χ0) is 20.1. The van der Waals surface area contributed by atoms with Crippen LogP contribution in [-0.4, -0.2) is 32.1 Å². The number of hydrogen-bond acceptors (Lipinski definition) is 4. The standard InChI is InChI=1S/C22H26N2O4/c1-4-21(25)24(3)19-9-7-6-8-16(19)22(26)23-18-12-13-28-20-11-10-15(27-5-2)14-17(18)20/h6-11,14,18H,4-5,12-13H2,1-3H3,(H,23,26). The highest BCUT2D eigenvalue weighted by Gasteiger charge is 2.26. The van der Waals surface area contributed by atoms with Gasteiger partial charge in [-0.3, -0.25) is 9.59 Å². The van der Waals surface area contributed by atoms with Crippen molar-refractivity contribution in [3.8, 4) is 11.5 Å². The molecule has 0 fully saturated rings. The molecule has 0 bridgehead atoms. The first-order chi connectivity index (χ1) is 13.5. The lowest BCUT2D eigenvalue weighted by Gasteiger charge is -2.28. The average Bonchev–Trinajstić information content (AvgIpc) is 2.73. The van der Waals surface area contributed by atoms with E-state index in [4.69, 9.17) is 9.47 Å². The van der Waals surface area contributed by atoms with E-state index in [2.05, 4.69) is 5.32 Å². The highest BCUT2D eigenvalue weighted by Crippen LogP contribution is 2.35. The van der Waals surface area contributed by atoms with Gasteiger partial charge in [0.05, 0.1) is 30.5 Å². The van der Waals surface area contributed by atoms with Crippen molar-refractivity contribution in [3.05, 3.63) is 53.6 Å². The van der Waals surface area contributed by atoms with Crippen molar-refractivity contribution in [1.82, 2.24) is 5.32 Å². The second kappa shape index (κ2) is 8.78. The maximum atomic E-state index is 13.0. The minimum absolute atomic E-state index is 0.0435.